The van der Waals surface area contributed by atoms with Crippen LogP contribution in [0.2, 0.25) is 0 Å². The fourth-order valence-corrected chi connectivity index (χ4v) is 4.89. The van der Waals surface area contributed by atoms with Crippen molar-refractivity contribution < 1.29 is 9.47 Å². The predicted octanol–water partition coefficient (Wildman–Crippen LogP) is 8.43. The van der Waals surface area contributed by atoms with Gasteiger partial charge in [0.05, 0.1) is 14.2 Å². The molecule has 0 bridgehead atoms. The molecule has 0 atom stereocenters. The molecule has 0 aliphatic carbocycles. The highest BCUT2D eigenvalue weighted by molar-refractivity contribution is 7.18. The van der Waals surface area contributed by atoms with E-state index >= 15 is 0 Å². The highest BCUT2D eigenvalue weighted by Gasteiger charge is 2.07. The standard InChI is InChI=1S/C30H24O2S/c1-31-27-15-11-23(12-16-27)21-3-7-25(8-4-21)29-19-20-30(33-29)26-9-5-22(6-10-26)24-13-17-28(32-2)18-14-24/h3-20H,1-2H3. The molecule has 5 rings (SSSR count). The first kappa shape index (κ1) is 21.0. The first-order chi connectivity index (χ1) is 16.2. The Morgan fingerprint density at radius 1 is 0.364 bits per heavy atom. The van der Waals surface area contributed by atoms with Crippen LogP contribution in [0.3, 0.4) is 0 Å². The molecule has 0 N–H and O–H groups in total. The van der Waals surface area contributed by atoms with Crippen molar-refractivity contribution in [1.82, 2.24) is 0 Å². The molecule has 0 saturated heterocycles. The lowest BCUT2D eigenvalue weighted by atomic mass is 10.0. The lowest BCUT2D eigenvalue weighted by molar-refractivity contribution is 0.415. The Hall–Kier alpha value is -3.82. The fourth-order valence-electron chi connectivity index (χ4n) is 3.87. The number of hydrogen-bond donors (Lipinski definition) is 0. The van der Waals surface area contributed by atoms with Gasteiger partial charge >= 0.3 is 0 Å². The monoisotopic (exact) mass is 448 g/mol. The second-order valence-corrected chi connectivity index (χ2v) is 8.86. The van der Waals surface area contributed by atoms with Crippen LogP contribution in [0.5, 0.6) is 11.5 Å². The third-order valence-electron chi connectivity index (χ3n) is 5.79. The molecule has 3 heteroatoms. The van der Waals surface area contributed by atoms with Gasteiger partial charge in [0.15, 0.2) is 0 Å². The lowest BCUT2D eigenvalue weighted by Gasteiger charge is -2.06. The molecule has 0 amide bonds. The number of rotatable bonds is 6. The van der Waals surface area contributed by atoms with E-state index in [-0.39, 0.29) is 0 Å². The van der Waals surface area contributed by atoms with Crippen LogP contribution in [0.1, 0.15) is 0 Å². The Kier molecular flexibility index (Phi) is 5.97. The first-order valence-corrected chi connectivity index (χ1v) is 11.6. The summed E-state index contributed by atoms with van der Waals surface area (Å²) in [5.74, 6) is 1.75. The van der Waals surface area contributed by atoms with Gasteiger partial charge in [0.1, 0.15) is 11.5 Å². The molecule has 33 heavy (non-hydrogen) atoms. The normalized spacial score (nSPS) is 10.7. The van der Waals surface area contributed by atoms with Crippen molar-refractivity contribution in [3.05, 3.63) is 109 Å². The highest BCUT2D eigenvalue weighted by Crippen LogP contribution is 2.36. The molecule has 0 unspecified atom stereocenters. The minimum Gasteiger partial charge on any atom is -0.497 e. The third-order valence-corrected chi connectivity index (χ3v) is 6.97. The van der Waals surface area contributed by atoms with Crippen molar-refractivity contribution in [3.63, 3.8) is 0 Å². The van der Waals surface area contributed by atoms with E-state index in [1.54, 1.807) is 14.2 Å². The molecule has 0 aliphatic heterocycles. The predicted molar refractivity (Wildman–Crippen MR) is 139 cm³/mol. The summed E-state index contributed by atoms with van der Waals surface area (Å²) in [6.45, 7) is 0. The van der Waals surface area contributed by atoms with Crippen molar-refractivity contribution in [2.45, 2.75) is 0 Å². The Balaban J connectivity index is 1.33. The van der Waals surface area contributed by atoms with E-state index in [0.717, 1.165) is 11.5 Å². The topological polar surface area (TPSA) is 18.5 Å². The van der Waals surface area contributed by atoms with Crippen LogP contribution in [0, 0.1) is 0 Å². The smallest absolute Gasteiger partial charge is 0.118 e. The first-order valence-electron chi connectivity index (χ1n) is 10.8. The summed E-state index contributed by atoms with van der Waals surface area (Å²) in [5.41, 5.74) is 7.24. The van der Waals surface area contributed by atoms with E-state index in [4.69, 9.17) is 9.47 Å². The zero-order valence-corrected chi connectivity index (χ0v) is 19.4. The zero-order chi connectivity index (χ0) is 22.6. The molecule has 0 saturated carbocycles. The SMILES string of the molecule is COc1ccc(-c2ccc(-c3ccc(-c4ccc(-c5ccc(OC)cc5)cc4)s3)cc2)cc1. The van der Waals surface area contributed by atoms with Gasteiger partial charge in [-0.3, -0.25) is 0 Å². The van der Waals surface area contributed by atoms with Crippen LogP contribution in [-0.2, 0) is 0 Å². The summed E-state index contributed by atoms with van der Waals surface area (Å²) in [7, 11) is 3.38. The van der Waals surface area contributed by atoms with Gasteiger partial charge in [-0.05, 0) is 69.8 Å². The van der Waals surface area contributed by atoms with Crippen LogP contribution in [0.25, 0.3) is 43.1 Å². The summed E-state index contributed by atoms with van der Waals surface area (Å²) < 4.78 is 10.5. The second kappa shape index (κ2) is 9.35. The summed E-state index contributed by atoms with van der Waals surface area (Å²) in [6.07, 6.45) is 0. The molecular weight excluding hydrogens is 424 g/mol. The molecule has 4 aromatic carbocycles. The molecule has 162 valence electrons. The van der Waals surface area contributed by atoms with Gasteiger partial charge in [-0.1, -0.05) is 72.8 Å². The van der Waals surface area contributed by atoms with Crippen molar-refractivity contribution >= 4 is 11.3 Å². The van der Waals surface area contributed by atoms with Crippen molar-refractivity contribution in [1.29, 1.82) is 0 Å². The number of hydrogen-bond acceptors (Lipinski definition) is 3. The zero-order valence-electron chi connectivity index (χ0n) is 18.6. The second-order valence-electron chi connectivity index (χ2n) is 7.78. The maximum atomic E-state index is 5.26. The van der Waals surface area contributed by atoms with Crippen LogP contribution in [0.15, 0.2) is 109 Å². The molecular formula is C30H24O2S. The van der Waals surface area contributed by atoms with E-state index in [1.807, 2.05) is 35.6 Å². The summed E-state index contributed by atoms with van der Waals surface area (Å²) in [6, 6.07) is 38.3. The highest BCUT2D eigenvalue weighted by atomic mass is 32.1. The maximum Gasteiger partial charge on any atom is 0.118 e. The summed E-state index contributed by atoms with van der Waals surface area (Å²) in [5, 5.41) is 0. The van der Waals surface area contributed by atoms with E-state index < -0.39 is 0 Å². The van der Waals surface area contributed by atoms with E-state index in [0.29, 0.717) is 0 Å². The van der Waals surface area contributed by atoms with Gasteiger partial charge in [0, 0.05) is 9.75 Å². The van der Waals surface area contributed by atoms with Crippen LogP contribution in [0.4, 0.5) is 0 Å². The van der Waals surface area contributed by atoms with Crippen molar-refractivity contribution in [2.75, 3.05) is 14.2 Å². The molecule has 0 radical (unpaired) electrons. The number of thiophene rings is 1. The molecule has 5 aromatic rings. The largest absolute Gasteiger partial charge is 0.497 e. The molecule has 0 spiro atoms. The van der Waals surface area contributed by atoms with E-state index in [2.05, 4.69) is 84.9 Å². The molecule has 0 fully saturated rings. The van der Waals surface area contributed by atoms with Crippen LogP contribution < -0.4 is 9.47 Å². The average Bonchev–Trinajstić information content (AvgIpc) is 3.39. The molecule has 0 aliphatic rings. The summed E-state index contributed by atoms with van der Waals surface area (Å²) >= 11 is 1.82. The molecule has 1 heterocycles. The van der Waals surface area contributed by atoms with Crippen molar-refractivity contribution in [3.8, 4) is 54.6 Å². The number of benzene rings is 4. The fraction of sp³-hybridized carbons (Fsp3) is 0.0667. The van der Waals surface area contributed by atoms with Gasteiger partial charge < -0.3 is 9.47 Å². The van der Waals surface area contributed by atoms with Crippen molar-refractivity contribution in [2.24, 2.45) is 0 Å². The Morgan fingerprint density at radius 3 is 0.939 bits per heavy atom. The lowest BCUT2D eigenvalue weighted by Crippen LogP contribution is -1.83. The van der Waals surface area contributed by atoms with Gasteiger partial charge in [0.2, 0.25) is 0 Å². The van der Waals surface area contributed by atoms with Gasteiger partial charge in [-0.25, -0.2) is 0 Å². The van der Waals surface area contributed by atoms with E-state index in [1.165, 1.54) is 43.1 Å². The Labute approximate surface area is 198 Å². The minimum absolute atomic E-state index is 0.874. The molecule has 2 nitrogen and oxygen atoms in total. The van der Waals surface area contributed by atoms with Crippen LogP contribution >= 0.6 is 11.3 Å². The van der Waals surface area contributed by atoms with Gasteiger partial charge in [0.25, 0.3) is 0 Å². The number of methoxy groups -OCH3 is 2. The van der Waals surface area contributed by atoms with E-state index in [9.17, 15) is 0 Å². The number of ether oxygens (including phenoxy) is 2. The molecule has 1 aromatic heterocycles. The Bertz CT molecular complexity index is 1230. The third kappa shape index (κ3) is 4.55. The summed E-state index contributed by atoms with van der Waals surface area (Å²) in [4.78, 5) is 2.54. The van der Waals surface area contributed by atoms with Gasteiger partial charge in [-0.2, -0.15) is 0 Å². The maximum absolute atomic E-state index is 5.26. The Morgan fingerprint density at radius 2 is 0.636 bits per heavy atom. The average molecular weight is 449 g/mol. The van der Waals surface area contributed by atoms with Gasteiger partial charge in [-0.15, -0.1) is 11.3 Å². The minimum atomic E-state index is 0.874. The van der Waals surface area contributed by atoms with Crippen LogP contribution in [-0.4, -0.2) is 14.2 Å². The quantitative estimate of drug-likeness (QED) is 0.259.